The summed E-state index contributed by atoms with van der Waals surface area (Å²) in [5.74, 6) is -1.83. The van der Waals surface area contributed by atoms with E-state index in [0.717, 1.165) is 5.56 Å². The smallest absolute Gasteiger partial charge is 0.471 e. The Bertz CT molecular complexity index is 1120. The highest BCUT2D eigenvalue weighted by Crippen LogP contribution is 2.37. The Morgan fingerprint density at radius 1 is 1.00 bits per heavy atom. The number of alkyl halides is 3. The number of aryl methyl sites for hydroxylation is 1. The number of ether oxygens (including phenoxy) is 1. The van der Waals surface area contributed by atoms with Gasteiger partial charge >= 0.3 is 12.1 Å². The number of methoxy groups -OCH3 is 1. The molecule has 0 aliphatic heterocycles. The van der Waals surface area contributed by atoms with Crippen molar-refractivity contribution in [3.05, 3.63) is 106 Å². The van der Waals surface area contributed by atoms with Gasteiger partial charge in [0.05, 0.1) is 7.11 Å². The van der Waals surface area contributed by atoms with Crippen LogP contribution in [0.2, 0.25) is 0 Å². The van der Waals surface area contributed by atoms with Crippen molar-refractivity contribution in [2.24, 2.45) is 0 Å². The van der Waals surface area contributed by atoms with Crippen molar-refractivity contribution < 1.29 is 27.6 Å². The van der Waals surface area contributed by atoms with E-state index in [0.29, 0.717) is 16.2 Å². The van der Waals surface area contributed by atoms with Gasteiger partial charge in [0.25, 0.3) is 0 Å². The number of anilines is 1. The Morgan fingerprint density at radius 2 is 1.59 bits per heavy atom. The molecule has 3 rings (SSSR count). The van der Waals surface area contributed by atoms with Crippen molar-refractivity contribution in [3.63, 3.8) is 0 Å². The molecule has 0 spiro atoms. The van der Waals surface area contributed by atoms with E-state index in [1.807, 2.05) is 6.92 Å². The zero-order chi connectivity index (χ0) is 24.9. The van der Waals surface area contributed by atoms with Crippen LogP contribution in [0.4, 0.5) is 18.9 Å². The fraction of sp³-hybridized carbons (Fsp3) is 0.240. The summed E-state index contributed by atoms with van der Waals surface area (Å²) < 4.78 is 46.3. The van der Waals surface area contributed by atoms with Gasteiger partial charge in [0.2, 0.25) is 6.04 Å². The molecule has 0 aliphatic rings. The minimum atomic E-state index is -5.25. The van der Waals surface area contributed by atoms with Gasteiger partial charge in [-0.15, -0.1) is 0 Å². The third-order valence-corrected chi connectivity index (χ3v) is 5.43. The second kappa shape index (κ2) is 10.4. The van der Waals surface area contributed by atoms with Gasteiger partial charge in [-0.25, -0.2) is 0 Å². The van der Waals surface area contributed by atoms with Crippen molar-refractivity contribution in [1.29, 1.82) is 0 Å². The van der Waals surface area contributed by atoms with E-state index in [-0.39, 0.29) is 17.7 Å². The molecule has 0 radical (unpaired) electrons. The number of carbonyl (C=O) groups is 1. The van der Waals surface area contributed by atoms with Gasteiger partial charge in [0.15, 0.2) is 0 Å². The molecule has 178 valence electrons. The molecule has 0 saturated carbocycles. The second-order valence-corrected chi connectivity index (χ2v) is 7.77. The van der Waals surface area contributed by atoms with E-state index in [1.54, 1.807) is 42.5 Å². The number of hydrogen-bond donors (Lipinski definition) is 0. The molecule has 0 N–H and O–H groups in total. The van der Waals surface area contributed by atoms with Crippen LogP contribution in [0.3, 0.4) is 0 Å². The number of hydrogen-bond acceptors (Lipinski definition) is 4. The van der Waals surface area contributed by atoms with E-state index >= 15 is 0 Å². The lowest BCUT2D eigenvalue weighted by molar-refractivity contribution is -0.526. The highest BCUT2D eigenvalue weighted by atomic mass is 19.4. The fourth-order valence-electron chi connectivity index (χ4n) is 3.74. The van der Waals surface area contributed by atoms with Gasteiger partial charge in [-0.05, 0) is 42.3 Å². The zero-order valence-electron chi connectivity index (χ0n) is 18.5. The van der Waals surface area contributed by atoms with Crippen LogP contribution in [-0.2, 0) is 11.2 Å². The SMILES string of the molecule is COc1ccc(N(C(=O)C(F)(F)F)[C@@H](c2ccccc2)[C@@H](Cc2ccc(C)cc2)[N+](=O)[O-])cc1. The average molecular weight is 472 g/mol. The lowest BCUT2D eigenvalue weighted by atomic mass is 9.91. The lowest BCUT2D eigenvalue weighted by Gasteiger charge is -2.34. The van der Waals surface area contributed by atoms with Crippen LogP contribution in [0.15, 0.2) is 78.9 Å². The molecule has 6 nitrogen and oxygen atoms in total. The Labute approximate surface area is 194 Å². The van der Waals surface area contributed by atoms with Gasteiger partial charge < -0.3 is 4.74 Å². The first-order chi connectivity index (χ1) is 16.1. The quantitative estimate of drug-likeness (QED) is 0.319. The predicted molar refractivity (Wildman–Crippen MR) is 121 cm³/mol. The highest BCUT2D eigenvalue weighted by molar-refractivity contribution is 5.98. The first kappa shape index (κ1) is 24.8. The maximum Gasteiger partial charge on any atom is 0.471 e. The predicted octanol–water partition coefficient (Wildman–Crippen LogP) is 5.53. The first-order valence-electron chi connectivity index (χ1n) is 10.4. The number of halogens is 3. The molecule has 2 atom stereocenters. The minimum absolute atomic E-state index is 0.132. The summed E-state index contributed by atoms with van der Waals surface area (Å²) in [6, 6.07) is 16.9. The van der Waals surface area contributed by atoms with E-state index in [2.05, 4.69) is 0 Å². The molecule has 0 aromatic heterocycles. The molecule has 9 heteroatoms. The molecule has 3 aromatic rings. The number of benzene rings is 3. The van der Waals surface area contributed by atoms with Crippen LogP contribution < -0.4 is 9.64 Å². The van der Waals surface area contributed by atoms with Crippen molar-refractivity contribution in [2.75, 3.05) is 12.0 Å². The molecule has 3 aromatic carbocycles. The third-order valence-electron chi connectivity index (χ3n) is 5.43. The summed E-state index contributed by atoms with van der Waals surface area (Å²) in [6.45, 7) is 1.86. The van der Waals surface area contributed by atoms with Crippen LogP contribution in [0.25, 0.3) is 0 Å². The maximum absolute atomic E-state index is 13.8. The van der Waals surface area contributed by atoms with Crippen molar-refractivity contribution >= 4 is 11.6 Å². The topological polar surface area (TPSA) is 72.7 Å². The highest BCUT2D eigenvalue weighted by Gasteiger charge is 2.49. The average Bonchev–Trinajstić information content (AvgIpc) is 2.82. The monoisotopic (exact) mass is 472 g/mol. The Hall–Kier alpha value is -3.88. The fourth-order valence-corrected chi connectivity index (χ4v) is 3.74. The Kier molecular flexibility index (Phi) is 7.55. The molecule has 34 heavy (non-hydrogen) atoms. The molecule has 0 aliphatic carbocycles. The van der Waals surface area contributed by atoms with Gasteiger partial charge in [0, 0.05) is 17.0 Å². The molecule has 0 heterocycles. The van der Waals surface area contributed by atoms with Gasteiger partial charge in [-0.3, -0.25) is 19.8 Å². The van der Waals surface area contributed by atoms with Crippen LogP contribution >= 0.6 is 0 Å². The summed E-state index contributed by atoms with van der Waals surface area (Å²) in [6.07, 6.45) is -5.43. The van der Waals surface area contributed by atoms with Crippen LogP contribution in [-0.4, -0.2) is 30.2 Å². The largest absolute Gasteiger partial charge is 0.497 e. The summed E-state index contributed by atoms with van der Waals surface area (Å²) in [5, 5.41) is 12.3. The molecular formula is C25H23F3N2O4. The number of nitrogens with zero attached hydrogens (tertiary/aromatic N) is 2. The standard InChI is InChI=1S/C25H23F3N2O4/c1-17-8-10-18(11-9-17)16-22(30(32)33)23(19-6-4-3-5-7-19)29(24(31)25(26,27)28)20-12-14-21(34-2)15-13-20/h3-15,22-23H,16H2,1-2H3/t22-,23+/m1/s1. The van der Waals surface area contributed by atoms with Crippen LogP contribution in [0.1, 0.15) is 22.7 Å². The van der Waals surface area contributed by atoms with Gasteiger partial charge in [-0.1, -0.05) is 60.2 Å². The maximum atomic E-state index is 13.8. The normalized spacial score (nSPS) is 13.1. The number of rotatable bonds is 8. The van der Waals surface area contributed by atoms with Gasteiger partial charge in [0.1, 0.15) is 11.8 Å². The minimum Gasteiger partial charge on any atom is -0.497 e. The van der Waals surface area contributed by atoms with E-state index in [1.165, 1.54) is 43.5 Å². The summed E-state index contributed by atoms with van der Waals surface area (Å²) in [7, 11) is 1.39. The summed E-state index contributed by atoms with van der Waals surface area (Å²) in [5.41, 5.74) is 1.59. The van der Waals surface area contributed by atoms with Gasteiger partial charge in [-0.2, -0.15) is 13.2 Å². The van der Waals surface area contributed by atoms with Crippen molar-refractivity contribution in [3.8, 4) is 5.75 Å². The van der Waals surface area contributed by atoms with E-state index in [9.17, 15) is 28.1 Å². The Balaban J connectivity index is 2.19. The number of amides is 1. The van der Waals surface area contributed by atoms with Crippen LogP contribution in [0.5, 0.6) is 5.75 Å². The molecule has 0 unspecified atom stereocenters. The summed E-state index contributed by atoms with van der Waals surface area (Å²) >= 11 is 0. The molecular weight excluding hydrogens is 449 g/mol. The number of carbonyl (C=O) groups excluding carboxylic acids is 1. The number of nitro groups is 1. The van der Waals surface area contributed by atoms with Crippen molar-refractivity contribution in [2.45, 2.75) is 31.6 Å². The molecule has 0 saturated heterocycles. The second-order valence-electron chi connectivity index (χ2n) is 7.77. The first-order valence-corrected chi connectivity index (χ1v) is 10.4. The molecule has 1 amide bonds. The van der Waals surface area contributed by atoms with Crippen molar-refractivity contribution in [1.82, 2.24) is 0 Å². The Morgan fingerprint density at radius 3 is 2.09 bits per heavy atom. The lowest BCUT2D eigenvalue weighted by Crippen LogP contribution is -2.49. The third kappa shape index (κ3) is 5.72. The molecule has 0 bridgehead atoms. The van der Waals surface area contributed by atoms with E-state index in [4.69, 9.17) is 4.74 Å². The van der Waals surface area contributed by atoms with Crippen LogP contribution in [0, 0.1) is 17.0 Å². The van der Waals surface area contributed by atoms with E-state index < -0.39 is 29.1 Å². The summed E-state index contributed by atoms with van der Waals surface area (Å²) in [4.78, 5) is 24.8. The zero-order valence-corrected chi connectivity index (χ0v) is 18.5. The molecule has 0 fully saturated rings.